The number of nitriles is 1. The van der Waals surface area contributed by atoms with Crippen molar-refractivity contribution in [3.8, 4) is 6.07 Å². The van der Waals surface area contributed by atoms with E-state index in [1.807, 2.05) is 0 Å². The van der Waals surface area contributed by atoms with E-state index in [0.717, 1.165) is 26.2 Å². The summed E-state index contributed by atoms with van der Waals surface area (Å²) in [5, 5.41) is 11.7. The minimum absolute atomic E-state index is 0.0610. The first-order valence-corrected chi connectivity index (χ1v) is 10.0. The number of urea groups is 1. The third kappa shape index (κ3) is 4.97. The van der Waals surface area contributed by atoms with Crippen LogP contribution in [-0.2, 0) is 4.79 Å². The molecule has 1 N–H and O–H groups in total. The standard InChI is InChI=1S/C20H29F2N3O2/c1-18(21,22)11-15(16(26)12-20(13-23)7-8-20)24-17(27)25-10-9-19(14-25)5-3-2-4-6-19/h15H,2-12,14H2,1H3,(H,24,27)/t15-/m0/s1. The van der Waals surface area contributed by atoms with Gasteiger partial charge in [0.05, 0.1) is 17.5 Å². The topological polar surface area (TPSA) is 73.2 Å². The normalized spacial score (nSPS) is 24.3. The van der Waals surface area contributed by atoms with Crippen molar-refractivity contribution in [1.29, 1.82) is 5.26 Å². The van der Waals surface area contributed by atoms with Gasteiger partial charge in [0, 0.05) is 25.9 Å². The summed E-state index contributed by atoms with van der Waals surface area (Å²) in [4.78, 5) is 26.9. The van der Waals surface area contributed by atoms with Crippen molar-refractivity contribution in [3.05, 3.63) is 0 Å². The summed E-state index contributed by atoms with van der Waals surface area (Å²) in [5.41, 5.74) is -0.536. The fourth-order valence-corrected chi connectivity index (χ4v) is 4.60. The minimum Gasteiger partial charge on any atom is -0.328 e. The van der Waals surface area contributed by atoms with Crippen LogP contribution in [0.25, 0.3) is 0 Å². The zero-order chi connectivity index (χ0) is 19.7. The highest BCUT2D eigenvalue weighted by Gasteiger charge is 2.47. The van der Waals surface area contributed by atoms with Gasteiger partial charge in [-0.15, -0.1) is 0 Å². The van der Waals surface area contributed by atoms with Crippen molar-refractivity contribution in [3.63, 3.8) is 0 Å². The predicted octanol–water partition coefficient (Wildman–Crippen LogP) is 4.03. The van der Waals surface area contributed by atoms with Gasteiger partial charge in [-0.05, 0) is 44.4 Å². The molecule has 0 aromatic carbocycles. The van der Waals surface area contributed by atoms with Gasteiger partial charge in [-0.3, -0.25) is 4.79 Å². The van der Waals surface area contributed by atoms with Gasteiger partial charge in [0.1, 0.15) is 0 Å². The molecule has 0 bridgehead atoms. The first kappa shape index (κ1) is 20.0. The average molecular weight is 381 g/mol. The van der Waals surface area contributed by atoms with Crippen LogP contribution in [0.1, 0.15) is 71.1 Å². The molecule has 1 aliphatic heterocycles. The lowest BCUT2D eigenvalue weighted by molar-refractivity contribution is -0.124. The second-order valence-electron chi connectivity index (χ2n) is 9.04. The highest BCUT2D eigenvalue weighted by molar-refractivity contribution is 5.89. The Morgan fingerprint density at radius 1 is 1.19 bits per heavy atom. The maximum absolute atomic E-state index is 13.6. The highest BCUT2D eigenvalue weighted by atomic mass is 19.3. The van der Waals surface area contributed by atoms with Crippen molar-refractivity contribution >= 4 is 11.8 Å². The van der Waals surface area contributed by atoms with Crippen molar-refractivity contribution < 1.29 is 18.4 Å². The van der Waals surface area contributed by atoms with Crippen molar-refractivity contribution in [1.82, 2.24) is 10.2 Å². The summed E-state index contributed by atoms with van der Waals surface area (Å²) in [6.07, 6.45) is 7.20. The summed E-state index contributed by atoms with van der Waals surface area (Å²) in [6, 6.07) is 0.444. The Hall–Kier alpha value is -1.71. The van der Waals surface area contributed by atoms with Gasteiger partial charge in [0.25, 0.3) is 0 Å². The number of amides is 2. The Labute approximate surface area is 159 Å². The van der Waals surface area contributed by atoms with Crippen molar-refractivity contribution in [2.24, 2.45) is 10.8 Å². The monoisotopic (exact) mass is 381 g/mol. The molecule has 7 heteroatoms. The van der Waals surface area contributed by atoms with E-state index >= 15 is 0 Å². The van der Waals surface area contributed by atoms with E-state index in [0.29, 0.717) is 25.9 Å². The van der Waals surface area contributed by atoms with Crippen LogP contribution in [0.4, 0.5) is 13.6 Å². The molecule has 3 aliphatic rings. The van der Waals surface area contributed by atoms with Crippen LogP contribution in [0.15, 0.2) is 0 Å². The number of hydrogen-bond donors (Lipinski definition) is 1. The van der Waals surface area contributed by atoms with E-state index in [1.54, 1.807) is 4.90 Å². The Kier molecular flexibility index (Phi) is 5.47. The van der Waals surface area contributed by atoms with Crippen molar-refractivity contribution in [2.45, 2.75) is 83.1 Å². The SMILES string of the molecule is CC(F)(F)C[C@H](NC(=O)N1CCC2(CCCCC2)C1)C(=O)CC1(C#N)CC1. The van der Waals surface area contributed by atoms with E-state index in [4.69, 9.17) is 5.26 Å². The number of carbonyl (C=O) groups excluding carboxylic acids is 2. The largest absolute Gasteiger partial charge is 0.328 e. The predicted molar refractivity (Wildman–Crippen MR) is 96.2 cm³/mol. The lowest BCUT2D eigenvalue weighted by Gasteiger charge is -2.33. The fourth-order valence-electron chi connectivity index (χ4n) is 4.60. The molecule has 3 rings (SSSR count). The second kappa shape index (κ2) is 7.37. The Morgan fingerprint density at radius 3 is 2.41 bits per heavy atom. The number of ketones is 1. The van der Waals surface area contributed by atoms with Crippen LogP contribution in [0.2, 0.25) is 0 Å². The van der Waals surface area contributed by atoms with Crippen LogP contribution in [0, 0.1) is 22.2 Å². The number of nitrogens with one attached hydrogen (secondary N) is 1. The summed E-state index contributed by atoms with van der Waals surface area (Å²) >= 11 is 0. The molecule has 2 amide bonds. The van der Waals surface area contributed by atoms with Crippen LogP contribution in [0.3, 0.4) is 0 Å². The number of carbonyl (C=O) groups is 2. The molecule has 3 fully saturated rings. The number of likely N-dealkylation sites (tertiary alicyclic amines) is 1. The number of nitrogens with zero attached hydrogens (tertiary/aromatic N) is 2. The van der Waals surface area contributed by atoms with Crippen molar-refractivity contribution in [2.75, 3.05) is 13.1 Å². The third-order valence-corrected chi connectivity index (χ3v) is 6.49. The number of rotatable bonds is 6. The molecule has 1 saturated heterocycles. The van der Waals surface area contributed by atoms with Crippen LogP contribution < -0.4 is 5.32 Å². The number of halogens is 2. The molecule has 150 valence electrons. The van der Waals surface area contributed by atoms with Gasteiger partial charge < -0.3 is 10.2 Å². The quantitative estimate of drug-likeness (QED) is 0.755. The zero-order valence-corrected chi connectivity index (χ0v) is 16.0. The van der Waals surface area contributed by atoms with E-state index in [-0.39, 0.29) is 11.8 Å². The molecule has 0 aromatic heterocycles. The molecule has 0 aromatic rings. The molecule has 1 spiro atoms. The highest BCUT2D eigenvalue weighted by Crippen LogP contribution is 2.48. The molecular weight excluding hydrogens is 352 g/mol. The zero-order valence-electron chi connectivity index (χ0n) is 16.0. The molecule has 1 atom stereocenters. The minimum atomic E-state index is -3.06. The van der Waals surface area contributed by atoms with E-state index in [1.165, 1.54) is 19.3 Å². The lowest BCUT2D eigenvalue weighted by Crippen LogP contribution is -2.49. The lowest BCUT2D eigenvalue weighted by atomic mass is 9.73. The second-order valence-corrected chi connectivity index (χ2v) is 9.04. The average Bonchev–Trinajstić information content (AvgIpc) is 3.26. The Bertz CT molecular complexity index is 628. The molecule has 27 heavy (non-hydrogen) atoms. The van der Waals surface area contributed by atoms with Crippen LogP contribution in [0.5, 0.6) is 0 Å². The van der Waals surface area contributed by atoms with Gasteiger partial charge >= 0.3 is 6.03 Å². The molecular formula is C20H29F2N3O2. The molecule has 0 radical (unpaired) electrons. The summed E-state index contributed by atoms with van der Waals surface area (Å²) in [7, 11) is 0. The van der Waals surface area contributed by atoms with Gasteiger partial charge in [-0.25, -0.2) is 13.6 Å². The van der Waals surface area contributed by atoms with Gasteiger partial charge in [-0.1, -0.05) is 19.3 Å². The van der Waals surface area contributed by atoms with Gasteiger partial charge in [0.2, 0.25) is 5.92 Å². The third-order valence-electron chi connectivity index (χ3n) is 6.49. The molecule has 2 saturated carbocycles. The van der Waals surface area contributed by atoms with E-state index in [9.17, 15) is 18.4 Å². The summed E-state index contributed by atoms with van der Waals surface area (Å²) in [6.45, 7) is 2.01. The van der Waals surface area contributed by atoms with Crippen LogP contribution >= 0.6 is 0 Å². The number of alkyl halides is 2. The van der Waals surface area contributed by atoms with E-state index < -0.39 is 35.6 Å². The van der Waals surface area contributed by atoms with E-state index in [2.05, 4.69) is 11.4 Å². The maximum Gasteiger partial charge on any atom is 0.318 e. The smallest absolute Gasteiger partial charge is 0.318 e. The molecule has 1 heterocycles. The summed E-state index contributed by atoms with van der Waals surface area (Å²) < 4.78 is 27.2. The maximum atomic E-state index is 13.6. The molecule has 5 nitrogen and oxygen atoms in total. The van der Waals surface area contributed by atoms with Crippen LogP contribution in [-0.4, -0.2) is 41.8 Å². The van der Waals surface area contributed by atoms with Gasteiger partial charge in [-0.2, -0.15) is 5.26 Å². The molecule has 2 aliphatic carbocycles. The fraction of sp³-hybridized carbons (Fsp3) is 0.850. The Balaban J connectivity index is 1.62. The van der Waals surface area contributed by atoms with Gasteiger partial charge in [0.15, 0.2) is 5.78 Å². The number of hydrogen-bond acceptors (Lipinski definition) is 3. The Morgan fingerprint density at radius 2 is 1.85 bits per heavy atom. The first-order chi connectivity index (χ1) is 12.7. The first-order valence-electron chi connectivity index (χ1n) is 10.0. The molecule has 0 unspecified atom stereocenters. The number of Topliss-reactive ketones (excluding diaryl/α,β-unsaturated/α-hetero) is 1. The summed E-state index contributed by atoms with van der Waals surface area (Å²) in [5.74, 6) is -3.53.